The van der Waals surface area contributed by atoms with Crippen LogP contribution < -0.4 is 0 Å². The van der Waals surface area contributed by atoms with E-state index < -0.39 is 11.9 Å². The van der Waals surface area contributed by atoms with Crippen molar-refractivity contribution in [2.24, 2.45) is 0 Å². The summed E-state index contributed by atoms with van der Waals surface area (Å²) >= 11 is 0. The Bertz CT molecular complexity index is 639. The summed E-state index contributed by atoms with van der Waals surface area (Å²) in [5, 5.41) is 0. The number of rotatable bonds is 5. The molecule has 112 valence electrons. The van der Waals surface area contributed by atoms with E-state index in [1.54, 1.807) is 32.9 Å². The van der Waals surface area contributed by atoms with Crippen LogP contribution in [0, 0.1) is 6.92 Å². The average Bonchev–Trinajstić information content (AvgIpc) is 3.05. The van der Waals surface area contributed by atoms with Crippen LogP contribution >= 0.6 is 0 Å². The number of aromatic nitrogens is 1. The molecule has 2 heterocycles. The van der Waals surface area contributed by atoms with Crippen molar-refractivity contribution in [1.29, 1.82) is 0 Å². The lowest BCUT2D eigenvalue weighted by molar-refractivity contribution is 0.0518. The molecule has 2 aromatic heterocycles. The molecular weight excluding hydrogens is 274 g/mol. The fourth-order valence-corrected chi connectivity index (χ4v) is 2.11. The van der Waals surface area contributed by atoms with Gasteiger partial charge < -0.3 is 18.9 Å². The van der Waals surface area contributed by atoms with Gasteiger partial charge in [0.15, 0.2) is 0 Å². The molecular formula is C15H17NO5. The lowest BCUT2D eigenvalue weighted by atomic mass is 10.1. The van der Waals surface area contributed by atoms with Crippen molar-refractivity contribution in [2.45, 2.75) is 20.8 Å². The molecule has 0 amide bonds. The van der Waals surface area contributed by atoms with Crippen molar-refractivity contribution in [2.75, 3.05) is 13.2 Å². The molecule has 0 fully saturated rings. The lowest BCUT2D eigenvalue weighted by Gasteiger charge is -2.05. The van der Waals surface area contributed by atoms with Crippen molar-refractivity contribution in [1.82, 2.24) is 4.98 Å². The normalized spacial score (nSPS) is 10.4. The maximum Gasteiger partial charge on any atom is 0.355 e. The van der Waals surface area contributed by atoms with Crippen LogP contribution in [0.15, 0.2) is 22.8 Å². The number of ether oxygens (including phenoxy) is 2. The molecule has 0 bridgehead atoms. The molecule has 0 saturated carbocycles. The van der Waals surface area contributed by atoms with Crippen LogP contribution in [0.4, 0.5) is 0 Å². The fraction of sp³-hybridized carbons (Fsp3) is 0.333. The Hall–Kier alpha value is -2.50. The number of carbonyl (C=O) groups excluding carboxylic acids is 2. The van der Waals surface area contributed by atoms with Gasteiger partial charge >= 0.3 is 11.9 Å². The number of nitrogens with one attached hydrogen (secondary N) is 1. The minimum atomic E-state index is -0.539. The highest BCUT2D eigenvalue weighted by Crippen LogP contribution is 2.31. The monoisotopic (exact) mass is 291 g/mol. The quantitative estimate of drug-likeness (QED) is 0.856. The number of hydrogen-bond donors (Lipinski definition) is 1. The van der Waals surface area contributed by atoms with Crippen molar-refractivity contribution in [3.8, 4) is 11.3 Å². The third-order valence-electron chi connectivity index (χ3n) is 2.91. The molecule has 21 heavy (non-hydrogen) atoms. The first-order chi connectivity index (χ1) is 10.1. The molecule has 1 N–H and O–H groups in total. The molecule has 2 rings (SSSR count). The molecule has 0 saturated heterocycles. The first kappa shape index (κ1) is 14.9. The van der Waals surface area contributed by atoms with E-state index in [-0.39, 0.29) is 24.5 Å². The van der Waals surface area contributed by atoms with Gasteiger partial charge in [-0.1, -0.05) is 0 Å². The zero-order valence-electron chi connectivity index (χ0n) is 12.2. The van der Waals surface area contributed by atoms with Crippen LogP contribution in [-0.2, 0) is 9.47 Å². The van der Waals surface area contributed by atoms with Crippen molar-refractivity contribution < 1.29 is 23.5 Å². The Morgan fingerprint density at radius 2 is 1.86 bits per heavy atom. The fourth-order valence-electron chi connectivity index (χ4n) is 2.11. The van der Waals surface area contributed by atoms with E-state index in [1.165, 1.54) is 6.26 Å². The van der Waals surface area contributed by atoms with E-state index in [1.807, 2.05) is 0 Å². The van der Waals surface area contributed by atoms with Gasteiger partial charge in [0.2, 0.25) is 0 Å². The predicted octanol–water partition coefficient (Wildman–Crippen LogP) is 2.94. The molecule has 0 aliphatic heterocycles. The van der Waals surface area contributed by atoms with Crippen molar-refractivity contribution in [3.63, 3.8) is 0 Å². The Labute approximate surface area is 122 Å². The van der Waals surface area contributed by atoms with E-state index in [9.17, 15) is 9.59 Å². The second kappa shape index (κ2) is 6.30. The molecule has 0 radical (unpaired) electrons. The van der Waals surface area contributed by atoms with Gasteiger partial charge in [-0.05, 0) is 32.9 Å². The number of hydrogen-bond acceptors (Lipinski definition) is 5. The zero-order valence-corrected chi connectivity index (χ0v) is 12.2. The van der Waals surface area contributed by atoms with Gasteiger partial charge in [0.1, 0.15) is 11.5 Å². The second-order valence-electron chi connectivity index (χ2n) is 4.29. The van der Waals surface area contributed by atoms with Gasteiger partial charge in [0.05, 0.1) is 30.6 Å². The maximum atomic E-state index is 12.1. The third kappa shape index (κ3) is 2.84. The summed E-state index contributed by atoms with van der Waals surface area (Å²) < 4.78 is 15.4. The van der Waals surface area contributed by atoms with Gasteiger partial charge in [0.25, 0.3) is 0 Å². The molecule has 0 atom stereocenters. The van der Waals surface area contributed by atoms with Gasteiger partial charge in [-0.3, -0.25) is 0 Å². The largest absolute Gasteiger partial charge is 0.464 e. The van der Waals surface area contributed by atoms with Gasteiger partial charge in [0, 0.05) is 5.69 Å². The summed E-state index contributed by atoms with van der Waals surface area (Å²) in [6.45, 7) is 5.62. The molecule has 0 aliphatic carbocycles. The number of aromatic amines is 1. The Balaban J connectivity index is 2.60. The highest BCUT2D eigenvalue weighted by Gasteiger charge is 2.28. The zero-order chi connectivity index (χ0) is 15.4. The summed E-state index contributed by atoms with van der Waals surface area (Å²) in [5.41, 5.74) is 1.37. The summed E-state index contributed by atoms with van der Waals surface area (Å²) in [7, 11) is 0. The predicted molar refractivity (Wildman–Crippen MR) is 75.1 cm³/mol. The first-order valence-electron chi connectivity index (χ1n) is 6.70. The van der Waals surface area contributed by atoms with Gasteiger partial charge in [-0.2, -0.15) is 0 Å². The average molecular weight is 291 g/mol. The summed E-state index contributed by atoms with van der Waals surface area (Å²) in [6.07, 6.45) is 1.47. The van der Waals surface area contributed by atoms with Gasteiger partial charge in [-0.15, -0.1) is 0 Å². The standard InChI is InChI=1S/C15H17NO5/c1-4-19-14(17)11-9(3)16-13(15(18)20-5-2)12(11)10-7-6-8-21-10/h6-8,16H,4-5H2,1-3H3. The topological polar surface area (TPSA) is 81.5 Å². The molecule has 0 spiro atoms. The molecule has 0 unspecified atom stereocenters. The molecule has 0 aliphatic rings. The van der Waals surface area contributed by atoms with E-state index >= 15 is 0 Å². The number of furan rings is 1. The van der Waals surface area contributed by atoms with Crippen LogP contribution in [0.5, 0.6) is 0 Å². The molecule has 6 nitrogen and oxygen atoms in total. The molecule has 2 aromatic rings. The van der Waals surface area contributed by atoms with Crippen LogP contribution in [-0.4, -0.2) is 30.1 Å². The number of aryl methyl sites for hydroxylation is 1. The van der Waals surface area contributed by atoms with Crippen molar-refractivity contribution in [3.05, 3.63) is 35.3 Å². The number of carbonyl (C=O) groups is 2. The van der Waals surface area contributed by atoms with Crippen LogP contribution in [0.25, 0.3) is 11.3 Å². The Morgan fingerprint density at radius 1 is 1.19 bits per heavy atom. The molecule has 0 aromatic carbocycles. The SMILES string of the molecule is CCOC(=O)c1[nH]c(C)c(C(=O)OCC)c1-c1ccco1. The Morgan fingerprint density at radius 3 is 2.43 bits per heavy atom. The molecule has 6 heteroatoms. The number of H-pyrrole nitrogens is 1. The highest BCUT2D eigenvalue weighted by atomic mass is 16.5. The second-order valence-corrected chi connectivity index (χ2v) is 4.29. The number of esters is 2. The van der Waals surface area contributed by atoms with E-state index in [4.69, 9.17) is 13.9 Å². The minimum Gasteiger partial charge on any atom is -0.464 e. The Kier molecular flexibility index (Phi) is 4.47. The lowest BCUT2D eigenvalue weighted by Crippen LogP contribution is -2.09. The highest BCUT2D eigenvalue weighted by molar-refractivity contribution is 6.05. The smallest absolute Gasteiger partial charge is 0.355 e. The van der Waals surface area contributed by atoms with E-state index in [0.717, 1.165) is 0 Å². The summed E-state index contributed by atoms with van der Waals surface area (Å²) in [4.78, 5) is 27.1. The first-order valence-corrected chi connectivity index (χ1v) is 6.70. The van der Waals surface area contributed by atoms with Crippen molar-refractivity contribution >= 4 is 11.9 Å². The van der Waals surface area contributed by atoms with Gasteiger partial charge in [-0.25, -0.2) is 9.59 Å². The van der Waals surface area contributed by atoms with E-state index in [2.05, 4.69) is 4.98 Å². The van der Waals surface area contributed by atoms with Crippen LogP contribution in [0.2, 0.25) is 0 Å². The van der Waals surface area contributed by atoms with Crippen LogP contribution in [0.3, 0.4) is 0 Å². The summed E-state index contributed by atoms with van der Waals surface area (Å²) in [5.74, 6) is -0.638. The third-order valence-corrected chi connectivity index (χ3v) is 2.91. The maximum absolute atomic E-state index is 12.1. The summed E-state index contributed by atoms with van der Waals surface area (Å²) in [6, 6.07) is 3.36. The van der Waals surface area contributed by atoms with E-state index in [0.29, 0.717) is 17.0 Å². The minimum absolute atomic E-state index is 0.187. The van der Waals surface area contributed by atoms with Crippen LogP contribution in [0.1, 0.15) is 40.4 Å².